The minimum absolute atomic E-state index is 0.0373. The molecule has 4 rings (SSSR count). The summed E-state index contributed by atoms with van der Waals surface area (Å²) in [6.07, 6.45) is 2.22. The third-order valence-electron chi connectivity index (χ3n) is 6.58. The molecule has 0 aliphatic carbocycles. The van der Waals surface area contributed by atoms with E-state index in [2.05, 4.69) is 5.32 Å². The summed E-state index contributed by atoms with van der Waals surface area (Å²) in [7, 11) is -5.94. The first-order chi connectivity index (χ1) is 18.7. The second-order valence-electron chi connectivity index (χ2n) is 9.29. The molecule has 1 amide bonds. The fourth-order valence-electron chi connectivity index (χ4n) is 4.38. The number of ether oxygens (including phenoxy) is 1. The van der Waals surface area contributed by atoms with E-state index in [-0.39, 0.29) is 29.4 Å². The smallest absolute Gasteiger partial charge is 0.243 e. The SMILES string of the molecule is COc1ccc(S(=O)(=O)N(CC(=O)NCCc2ccc(S(=O)(=O)N3CCCC3)cc2)Cc2ccccc2)cc1. The van der Waals surface area contributed by atoms with Crippen LogP contribution < -0.4 is 10.1 Å². The van der Waals surface area contributed by atoms with Gasteiger partial charge in [-0.15, -0.1) is 0 Å². The van der Waals surface area contributed by atoms with Crippen molar-refractivity contribution in [3.05, 3.63) is 90.0 Å². The van der Waals surface area contributed by atoms with Gasteiger partial charge in [-0.3, -0.25) is 4.79 Å². The molecule has 1 aliphatic rings. The Labute approximate surface area is 230 Å². The molecule has 1 saturated heterocycles. The zero-order valence-electron chi connectivity index (χ0n) is 21.8. The number of nitrogens with one attached hydrogen (secondary N) is 1. The Morgan fingerprint density at radius 2 is 1.46 bits per heavy atom. The molecule has 0 aromatic heterocycles. The van der Waals surface area contributed by atoms with Crippen molar-refractivity contribution in [2.45, 2.75) is 35.6 Å². The van der Waals surface area contributed by atoms with Gasteiger partial charge in [0.25, 0.3) is 0 Å². The largest absolute Gasteiger partial charge is 0.497 e. The standard InChI is InChI=1S/C28H33N3O6S2/c1-37-25-11-15-27(16-12-25)39(35,36)31(21-24-7-3-2-4-8-24)22-28(32)29-18-17-23-9-13-26(14-10-23)38(33,34)30-19-5-6-20-30/h2-4,7-16H,5-6,17-22H2,1H3,(H,29,32). The average molecular weight is 572 g/mol. The summed E-state index contributed by atoms with van der Waals surface area (Å²) in [6, 6.07) is 21.8. The molecular formula is C28H33N3O6S2. The van der Waals surface area contributed by atoms with Gasteiger partial charge >= 0.3 is 0 Å². The van der Waals surface area contributed by atoms with Crippen LogP contribution in [0.15, 0.2) is 88.7 Å². The summed E-state index contributed by atoms with van der Waals surface area (Å²) >= 11 is 0. The van der Waals surface area contributed by atoms with Gasteiger partial charge in [0, 0.05) is 26.2 Å². The number of rotatable bonds is 12. The summed E-state index contributed by atoms with van der Waals surface area (Å²) in [5, 5.41) is 2.79. The zero-order valence-corrected chi connectivity index (χ0v) is 23.5. The molecule has 208 valence electrons. The Hall–Kier alpha value is -3.25. The lowest BCUT2D eigenvalue weighted by molar-refractivity contribution is -0.121. The van der Waals surface area contributed by atoms with Crippen LogP contribution in [0.2, 0.25) is 0 Å². The number of hydrogen-bond donors (Lipinski definition) is 1. The van der Waals surface area contributed by atoms with E-state index in [1.807, 2.05) is 30.3 Å². The average Bonchev–Trinajstić information content (AvgIpc) is 3.50. The first-order valence-corrected chi connectivity index (χ1v) is 15.6. The Kier molecular flexibility index (Phi) is 9.39. The number of nitrogens with zero attached hydrogens (tertiary/aromatic N) is 2. The fourth-order valence-corrected chi connectivity index (χ4v) is 7.28. The molecule has 1 aliphatic heterocycles. The number of methoxy groups -OCH3 is 1. The van der Waals surface area contributed by atoms with Crippen LogP contribution in [0.3, 0.4) is 0 Å². The lowest BCUT2D eigenvalue weighted by Gasteiger charge is -2.22. The van der Waals surface area contributed by atoms with E-state index < -0.39 is 26.0 Å². The van der Waals surface area contributed by atoms with Crippen molar-refractivity contribution >= 4 is 26.0 Å². The molecule has 3 aromatic rings. The molecule has 3 aromatic carbocycles. The highest BCUT2D eigenvalue weighted by Crippen LogP contribution is 2.22. The van der Waals surface area contributed by atoms with Gasteiger partial charge in [0.15, 0.2) is 0 Å². The van der Waals surface area contributed by atoms with Gasteiger partial charge in [0.2, 0.25) is 26.0 Å². The molecule has 1 N–H and O–H groups in total. The van der Waals surface area contributed by atoms with Crippen LogP contribution in [-0.2, 0) is 37.8 Å². The number of amides is 1. The maximum atomic E-state index is 13.4. The first-order valence-electron chi connectivity index (χ1n) is 12.7. The monoisotopic (exact) mass is 571 g/mol. The van der Waals surface area contributed by atoms with Gasteiger partial charge in [0.05, 0.1) is 23.4 Å². The van der Waals surface area contributed by atoms with Crippen molar-refractivity contribution < 1.29 is 26.4 Å². The number of hydrogen-bond acceptors (Lipinski definition) is 6. The molecule has 1 fully saturated rings. The van der Waals surface area contributed by atoms with Crippen molar-refractivity contribution in [3.63, 3.8) is 0 Å². The predicted octanol–water partition coefficient (Wildman–Crippen LogP) is 3.03. The summed E-state index contributed by atoms with van der Waals surface area (Å²) in [5.74, 6) is 0.0965. The Morgan fingerprint density at radius 1 is 0.846 bits per heavy atom. The lowest BCUT2D eigenvalue weighted by Crippen LogP contribution is -2.40. The minimum Gasteiger partial charge on any atom is -0.497 e. The molecule has 1 heterocycles. The van der Waals surface area contributed by atoms with Gasteiger partial charge in [-0.2, -0.15) is 8.61 Å². The molecule has 0 radical (unpaired) electrons. The maximum absolute atomic E-state index is 13.4. The van der Waals surface area contributed by atoms with E-state index in [1.54, 1.807) is 36.4 Å². The number of carbonyl (C=O) groups excluding carboxylic acids is 1. The summed E-state index contributed by atoms with van der Waals surface area (Å²) in [4.78, 5) is 13.2. The number of carbonyl (C=O) groups is 1. The molecule has 0 atom stereocenters. The molecule has 0 bridgehead atoms. The minimum atomic E-state index is -3.97. The number of benzene rings is 3. The van der Waals surface area contributed by atoms with E-state index in [0.717, 1.165) is 28.3 Å². The predicted molar refractivity (Wildman–Crippen MR) is 148 cm³/mol. The van der Waals surface area contributed by atoms with E-state index in [1.165, 1.54) is 23.5 Å². The first kappa shape index (κ1) is 28.8. The van der Waals surface area contributed by atoms with Crippen molar-refractivity contribution in [1.82, 2.24) is 13.9 Å². The third-order valence-corrected chi connectivity index (χ3v) is 10.3. The van der Waals surface area contributed by atoms with Crippen LogP contribution in [0.1, 0.15) is 24.0 Å². The second-order valence-corrected chi connectivity index (χ2v) is 13.2. The van der Waals surface area contributed by atoms with Gasteiger partial charge in [-0.1, -0.05) is 42.5 Å². The summed E-state index contributed by atoms with van der Waals surface area (Å²) in [6.45, 7) is 1.06. The second kappa shape index (κ2) is 12.7. The molecule has 39 heavy (non-hydrogen) atoms. The Morgan fingerprint density at radius 3 is 2.08 bits per heavy atom. The molecule has 0 saturated carbocycles. The number of sulfonamides is 2. The van der Waals surface area contributed by atoms with Gasteiger partial charge in [-0.05, 0) is 66.8 Å². The summed E-state index contributed by atoms with van der Waals surface area (Å²) < 4.78 is 60.0. The lowest BCUT2D eigenvalue weighted by atomic mass is 10.1. The zero-order chi connectivity index (χ0) is 27.9. The van der Waals surface area contributed by atoms with Crippen molar-refractivity contribution in [2.75, 3.05) is 33.3 Å². The van der Waals surface area contributed by atoms with Crippen LogP contribution in [0.25, 0.3) is 0 Å². The highest BCUT2D eigenvalue weighted by atomic mass is 32.2. The Balaban J connectivity index is 1.38. The van der Waals surface area contributed by atoms with E-state index >= 15 is 0 Å². The Bertz CT molecular complexity index is 1450. The fraction of sp³-hybridized carbons (Fsp3) is 0.321. The molecule has 0 spiro atoms. The highest BCUT2D eigenvalue weighted by Gasteiger charge is 2.28. The molecular weight excluding hydrogens is 538 g/mol. The third kappa shape index (κ3) is 7.24. The van der Waals surface area contributed by atoms with Crippen LogP contribution in [-0.4, -0.2) is 64.6 Å². The normalized spacial score (nSPS) is 14.4. The van der Waals surface area contributed by atoms with Gasteiger partial charge in [-0.25, -0.2) is 16.8 Å². The van der Waals surface area contributed by atoms with Crippen LogP contribution in [0, 0.1) is 0 Å². The van der Waals surface area contributed by atoms with E-state index in [9.17, 15) is 21.6 Å². The van der Waals surface area contributed by atoms with Crippen molar-refractivity contribution in [1.29, 1.82) is 0 Å². The van der Waals surface area contributed by atoms with Crippen LogP contribution in [0.5, 0.6) is 5.75 Å². The van der Waals surface area contributed by atoms with Gasteiger partial charge < -0.3 is 10.1 Å². The van der Waals surface area contributed by atoms with Gasteiger partial charge in [0.1, 0.15) is 5.75 Å². The maximum Gasteiger partial charge on any atom is 0.243 e. The van der Waals surface area contributed by atoms with E-state index in [0.29, 0.717) is 25.3 Å². The van der Waals surface area contributed by atoms with Crippen molar-refractivity contribution in [2.24, 2.45) is 0 Å². The van der Waals surface area contributed by atoms with Crippen molar-refractivity contribution in [3.8, 4) is 5.75 Å². The van der Waals surface area contributed by atoms with Crippen LogP contribution >= 0.6 is 0 Å². The molecule has 9 nitrogen and oxygen atoms in total. The van der Waals surface area contributed by atoms with Crippen LogP contribution in [0.4, 0.5) is 0 Å². The summed E-state index contributed by atoms with van der Waals surface area (Å²) in [5.41, 5.74) is 1.62. The topological polar surface area (TPSA) is 113 Å². The molecule has 11 heteroatoms. The van der Waals surface area contributed by atoms with E-state index in [4.69, 9.17) is 4.74 Å². The quantitative estimate of drug-likeness (QED) is 0.358. The highest BCUT2D eigenvalue weighted by molar-refractivity contribution is 7.89. The molecule has 0 unspecified atom stereocenters.